The van der Waals surface area contributed by atoms with Crippen molar-refractivity contribution < 1.29 is 17.9 Å². The van der Waals surface area contributed by atoms with Crippen LogP contribution >= 0.6 is 0 Å². The summed E-state index contributed by atoms with van der Waals surface area (Å²) in [6.07, 6.45) is 6.64. The molecule has 2 atom stereocenters. The van der Waals surface area contributed by atoms with Crippen molar-refractivity contribution in [1.29, 1.82) is 0 Å². The topological polar surface area (TPSA) is 60.4 Å². The summed E-state index contributed by atoms with van der Waals surface area (Å²) in [6.45, 7) is 7.28. The fraction of sp³-hybridized carbons (Fsp3) is 0.667. The maximum Gasteiger partial charge on any atom is 0.302 e. The molecule has 148 valence electrons. The standard InChI is InChI=1S/C21H34O4S/c1-5-6-7-8-9-13-16-20(25-18(4)22)21(17(2)3)26(23,24)19-14-11-10-12-15-19/h10-12,14-15,17,20-21H,5-9,13,16H2,1-4H3. The zero-order chi connectivity index (χ0) is 19.6. The fourth-order valence-electron chi connectivity index (χ4n) is 3.38. The molecule has 0 heterocycles. The summed E-state index contributed by atoms with van der Waals surface area (Å²) >= 11 is 0. The molecule has 0 saturated carbocycles. The van der Waals surface area contributed by atoms with Crippen LogP contribution in [0.1, 0.15) is 72.6 Å². The molecule has 0 saturated heterocycles. The van der Waals surface area contributed by atoms with Crippen LogP contribution in [0.4, 0.5) is 0 Å². The first-order valence-electron chi connectivity index (χ1n) is 9.76. The first-order chi connectivity index (χ1) is 12.3. The van der Waals surface area contributed by atoms with Gasteiger partial charge in [0.25, 0.3) is 0 Å². The van der Waals surface area contributed by atoms with E-state index in [0.717, 1.165) is 19.3 Å². The van der Waals surface area contributed by atoms with Gasteiger partial charge in [-0.15, -0.1) is 0 Å². The summed E-state index contributed by atoms with van der Waals surface area (Å²) in [5.41, 5.74) is 0. The van der Waals surface area contributed by atoms with Crippen LogP contribution in [0, 0.1) is 5.92 Å². The zero-order valence-electron chi connectivity index (χ0n) is 16.6. The Balaban J connectivity index is 2.93. The Morgan fingerprint density at radius 3 is 2.12 bits per heavy atom. The van der Waals surface area contributed by atoms with E-state index < -0.39 is 27.2 Å². The van der Waals surface area contributed by atoms with Crippen molar-refractivity contribution in [2.45, 2.75) is 88.9 Å². The molecule has 0 radical (unpaired) electrons. The normalized spacial score (nSPS) is 14.2. The van der Waals surface area contributed by atoms with Crippen molar-refractivity contribution >= 4 is 15.8 Å². The van der Waals surface area contributed by atoms with Crippen LogP contribution in [-0.2, 0) is 19.4 Å². The molecular formula is C21H34O4S. The molecule has 1 aromatic carbocycles. The largest absolute Gasteiger partial charge is 0.461 e. The Kier molecular flexibility index (Phi) is 9.92. The van der Waals surface area contributed by atoms with E-state index in [9.17, 15) is 13.2 Å². The highest BCUT2D eigenvalue weighted by atomic mass is 32.2. The van der Waals surface area contributed by atoms with Crippen LogP contribution in [0.25, 0.3) is 0 Å². The van der Waals surface area contributed by atoms with Gasteiger partial charge in [0.1, 0.15) is 11.4 Å². The van der Waals surface area contributed by atoms with E-state index in [-0.39, 0.29) is 5.92 Å². The Morgan fingerprint density at radius 1 is 1.00 bits per heavy atom. The lowest BCUT2D eigenvalue weighted by Crippen LogP contribution is -2.41. The molecule has 1 rings (SSSR count). The lowest BCUT2D eigenvalue weighted by Gasteiger charge is -2.29. The maximum absolute atomic E-state index is 13.2. The number of carbonyl (C=O) groups excluding carboxylic acids is 1. The Bertz CT molecular complexity index is 623. The van der Waals surface area contributed by atoms with Gasteiger partial charge in [-0.05, 0) is 30.9 Å². The number of hydrogen-bond acceptors (Lipinski definition) is 4. The maximum atomic E-state index is 13.2. The van der Waals surface area contributed by atoms with Crippen molar-refractivity contribution in [2.24, 2.45) is 5.92 Å². The fourth-order valence-corrected chi connectivity index (χ4v) is 5.54. The molecule has 0 amide bonds. The first kappa shape index (κ1) is 22.7. The molecule has 0 bridgehead atoms. The lowest BCUT2D eigenvalue weighted by molar-refractivity contribution is -0.147. The summed E-state index contributed by atoms with van der Waals surface area (Å²) < 4.78 is 31.9. The highest BCUT2D eigenvalue weighted by molar-refractivity contribution is 7.92. The van der Waals surface area contributed by atoms with Crippen LogP contribution in [0.5, 0.6) is 0 Å². The van der Waals surface area contributed by atoms with Crippen LogP contribution < -0.4 is 0 Å². The second-order valence-electron chi connectivity index (χ2n) is 7.27. The van der Waals surface area contributed by atoms with E-state index in [1.807, 2.05) is 13.8 Å². The summed E-state index contributed by atoms with van der Waals surface area (Å²) in [5.74, 6) is -0.570. The Labute approximate surface area is 159 Å². The van der Waals surface area contributed by atoms with Crippen LogP contribution in [0.3, 0.4) is 0 Å². The number of ether oxygens (including phenoxy) is 1. The van der Waals surface area contributed by atoms with Gasteiger partial charge in [0, 0.05) is 6.92 Å². The minimum absolute atomic E-state index is 0.148. The van der Waals surface area contributed by atoms with Gasteiger partial charge in [-0.2, -0.15) is 0 Å². The number of rotatable bonds is 12. The molecule has 26 heavy (non-hydrogen) atoms. The molecule has 0 fully saturated rings. The van der Waals surface area contributed by atoms with E-state index >= 15 is 0 Å². The van der Waals surface area contributed by atoms with Crippen LogP contribution in [0.2, 0.25) is 0 Å². The second-order valence-corrected chi connectivity index (χ2v) is 9.38. The summed E-state index contributed by atoms with van der Waals surface area (Å²) in [6, 6.07) is 8.46. The molecule has 0 aliphatic heterocycles. The molecule has 0 N–H and O–H groups in total. The first-order valence-corrected chi connectivity index (χ1v) is 11.3. The summed E-state index contributed by atoms with van der Waals surface area (Å²) in [4.78, 5) is 11.9. The molecule has 0 aliphatic rings. The number of unbranched alkanes of at least 4 members (excludes halogenated alkanes) is 5. The Hall–Kier alpha value is -1.36. The number of benzene rings is 1. The molecule has 4 nitrogen and oxygen atoms in total. The molecule has 0 aromatic heterocycles. The van der Waals surface area contributed by atoms with E-state index in [2.05, 4.69) is 6.92 Å². The van der Waals surface area contributed by atoms with Crippen molar-refractivity contribution in [1.82, 2.24) is 0 Å². The van der Waals surface area contributed by atoms with Gasteiger partial charge in [0.05, 0.1) is 4.90 Å². The van der Waals surface area contributed by atoms with E-state index in [1.165, 1.54) is 26.2 Å². The third-order valence-electron chi connectivity index (χ3n) is 4.61. The highest BCUT2D eigenvalue weighted by Crippen LogP contribution is 2.28. The van der Waals surface area contributed by atoms with Gasteiger partial charge in [-0.1, -0.05) is 71.1 Å². The smallest absolute Gasteiger partial charge is 0.302 e. The number of esters is 1. The molecule has 0 aliphatic carbocycles. The third kappa shape index (κ3) is 7.10. The number of carbonyl (C=O) groups is 1. The van der Waals surface area contributed by atoms with Crippen LogP contribution in [-0.4, -0.2) is 25.7 Å². The molecule has 0 spiro atoms. The zero-order valence-corrected chi connectivity index (χ0v) is 17.4. The SMILES string of the molecule is CCCCCCCCC(OC(C)=O)C(C(C)C)S(=O)(=O)c1ccccc1. The predicted octanol–water partition coefficient (Wildman–Crippen LogP) is 5.17. The van der Waals surface area contributed by atoms with E-state index in [4.69, 9.17) is 4.74 Å². The van der Waals surface area contributed by atoms with Gasteiger partial charge < -0.3 is 4.74 Å². The van der Waals surface area contributed by atoms with Gasteiger partial charge in [0.2, 0.25) is 0 Å². The third-order valence-corrected chi connectivity index (χ3v) is 7.11. The van der Waals surface area contributed by atoms with Crippen LogP contribution in [0.15, 0.2) is 35.2 Å². The monoisotopic (exact) mass is 382 g/mol. The average molecular weight is 383 g/mol. The minimum Gasteiger partial charge on any atom is -0.461 e. The van der Waals surface area contributed by atoms with E-state index in [1.54, 1.807) is 30.3 Å². The second kappa shape index (κ2) is 11.4. The quantitative estimate of drug-likeness (QED) is 0.370. The average Bonchev–Trinajstić information content (AvgIpc) is 2.57. The van der Waals surface area contributed by atoms with Crippen molar-refractivity contribution in [3.63, 3.8) is 0 Å². The van der Waals surface area contributed by atoms with E-state index in [0.29, 0.717) is 11.3 Å². The highest BCUT2D eigenvalue weighted by Gasteiger charge is 2.38. The minimum atomic E-state index is -3.57. The molecule has 1 aromatic rings. The summed E-state index contributed by atoms with van der Waals surface area (Å²) in [7, 11) is -3.57. The molecule has 2 unspecified atom stereocenters. The summed E-state index contributed by atoms with van der Waals surface area (Å²) in [5, 5.41) is -0.732. The van der Waals surface area contributed by atoms with Gasteiger partial charge in [-0.25, -0.2) is 8.42 Å². The van der Waals surface area contributed by atoms with Gasteiger partial charge in [0.15, 0.2) is 9.84 Å². The van der Waals surface area contributed by atoms with Crippen molar-refractivity contribution in [3.8, 4) is 0 Å². The lowest BCUT2D eigenvalue weighted by atomic mass is 9.99. The van der Waals surface area contributed by atoms with Gasteiger partial charge >= 0.3 is 5.97 Å². The van der Waals surface area contributed by atoms with Crippen molar-refractivity contribution in [3.05, 3.63) is 30.3 Å². The van der Waals surface area contributed by atoms with Gasteiger partial charge in [-0.3, -0.25) is 4.79 Å². The molecular weight excluding hydrogens is 348 g/mol. The number of hydrogen-bond donors (Lipinski definition) is 0. The predicted molar refractivity (Wildman–Crippen MR) is 106 cm³/mol. The van der Waals surface area contributed by atoms with Crippen molar-refractivity contribution in [2.75, 3.05) is 0 Å². The number of sulfone groups is 1. The molecule has 5 heteroatoms. The Morgan fingerprint density at radius 2 is 1.58 bits per heavy atom.